The molecule has 0 spiro atoms. The van der Waals surface area contributed by atoms with E-state index in [1.807, 2.05) is 0 Å². The first kappa shape index (κ1) is 8.85. The highest BCUT2D eigenvalue weighted by molar-refractivity contribution is 7.99. The quantitative estimate of drug-likeness (QED) is 0.651. The van der Waals surface area contributed by atoms with E-state index in [2.05, 4.69) is 23.7 Å². The molecule has 0 amide bonds. The van der Waals surface area contributed by atoms with Gasteiger partial charge in [-0.1, -0.05) is 0 Å². The van der Waals surface area contributed by atoms with Gasteiger partial charge < -0.3 is 10.6 Å². The van der Waals surface area contributed by atoms with Gasteiger partial charge in [0, 0.05) is 12.6 Å². The molecule has 2 heterocycles. The topological polar surface area (TPSA) is 29.3 Å². The van der Waals surface area contributed by atoms with Gasteiger partial charge in [-0.2, -0.15) is 11.8 Å². The van der Waals surface area contributed by atoms with Gasteiger partial charge >= 0.3 is 0 Å². The van der Waals surface area contributed by atoms with Crippen molar-refractivity contribution < 1.29 is 0 Å². The van der Waals surface area contributed by atoms with Crippen LogP contribution in [0.3, 0.4) is 0 Å². The third-order valence-electron chi connectivity index (χ3n) is 3.36. The van der Waals surface area contributed by atoms with Crippen molar-refractivity contribution in [3.05, 3.63) is 0 Å². The van der Waals surface area contributed by atoms with E-state index < -0.39 is 0 Å². The predicted molar refractivity (Wildman–Crippen MR) is 54.4 cm³/mol. The van der Waals surface area contributed by atoms with Crippen molar-refractivity contribution in [3.8, 4) is 0 Å². The van der Waals surface area contributed by atoms with Gasteiger partial charge in [-0.25, -0.2) is 0 Å². The predicted octanol–water partition coefficient (Wildman–Crippen LogP) is 0.628. The average Bonchev–Trinajstić information content (AvgIpc) is 2.44. The fourth-order valence-corrected chi connectivity index (χ4v) is 3.98. The molecule has 0 aromatic carbocycles. The van der Waals surface area contributed by atoms with E-state index in [9.17, 15) is 0 Å². The molecule has 3 heteroatoms. The maximum Gasteiger partial charge on any atom is 0.0140 e. The summed E-state index contributed by atoms with van der Waals surface area (Å²) in [6.45, 7) is 2.11. The number of nitrogens with zero attached hydrogens (tertiary/aromatic N) is 1. The van der Waals surface area contributed by atoms with E-state index in [0.29, 0.717) is 0 Å². The van der Waals surface area contributed by atoms with Crippen LogP contribution >= 0.6 is 11.8 Å². The molecule has 0 bridgehead atoms. The molecule has 0 saturated carbocycles. The highest BCUT2D eigenvalue weighted by atomic mass is 32.2. The van der Waals surface area contributed by atoms with Crippen LogP contribution in [0.15, 0.2) is 0 Å². The van der Waals surface area contributed by atoms with Crippen LogP contribution in [-0.4, -0.2) is 42.6 Å². The zero-order valence-corrected chi connectivity index (χ0v) is 8.52. The first-order valence-corrected chi connectivity index (χ1v) is 5.96. The molecule has 0 aromatic heterocycles. The minimum Gasteiger partial charge on any atom is -0.330 e. The summed E-state index contributed by atoms with van der Waals surface area (Å²) in [6, 6.07) is 0.847. The van der Waals surface area contributed by atoms with E-state index in [0.717, 1.165) is 24.4 Å². The fraction of sp³-hybridized carbons (Fsp3) is 1.00. The van der Waals surface area contributed by atoms with Gasteiger partial charge in [0.2, 0.25) is 0 Å². The first-order chi connectivity index (χ1) is 5.83. The van der Waals surface area contributed by atoms with E-state index in [-0.39, 0.29) is 0 Å². The molecule has 2 fully saturated rings. The van der Waals surface area contributed by atoms with Crippen LogP contribution in [0.4, 0.5) is 0 Å². The lowest BCUT2D eigenvalue weighted by Crippen LogP contribution is -2.34. The zero-order chi connectivity index (χ0) is 8.55. The molecule has 3 atom stereocenters. The number of fused-ring (bicyclic) bond motifs is 1. The van der Waals surface area contributed by atoms with Gasteiger partial charge in [0.15, 0.2) is 0 Å². The molecule has 2 nitrogen and oxygen atoms in total. The van der Waals surface area contributed by atoms with Crippen molar-refractivity contribution in [1.82, 2.24) is 4.90 Å². The summed E-state index contributed by atoms with van der Waals surface area (Å²) in [5.74, 6) is 4.35. The summed E-state index contributed by atoms with van der Waals surface area (Å²) in [4.78, 5) is 2.52. The standard InChI is InChI=1S/C9H18N2S/c1-11-5-7(4-10)8-6-12-3-2-9(8)11/h7-9H,2-6,10H2,1H3. The summed E-state index contributed by atoms with van der Waals surface area (Å²) < 4.78 is 0. The third kappa shape index (κ3) is 1.38. The Hall–Kier alpha value is 0.270. The fourth-order valence-electron chi connectivity index (χ4n) is 2.64. The van der Waals surface area contributed by atoms with Gasteiger partial charge in [-0.3, -0.25) is 0 Å². The molecular formula is C9H18N2S. The van der Waals surface area contributed by atoms with Gasteiger partial charge in [0.25, 0.3) is 0 Å². The molecule has 3 unspecified atom stereocenters. The Kier molecular flexibility index (Phi) is 2.63. The molecule has 0 aliphatic carbocycles. The Morgan fingerprint density at radius 3 is 3.17 bits per heavy atom. The molecule has 2 N–H and O–H groups in total. The smallest absolute Gasteiger partial charge is 0.0140 e. The normalized spacial score (nSPS) is 43.0. The lowest BCUT2D eigenvalue weighted by atomic mass is 9.91. The Labute approximate surface area is 78.9 Å². The lowest BCUT2D eigenvalue weighted by molar-refractivity contribution is 0.271. The van der Waals surface area contributed by atoms with Gasteiger partial charge in [-0.05, 0) is 43.4 Å². The molecule has 0 radical (unpaired) electrons. The Morgan fingerprint density at radius 2 is 2.42 bits per heavy atom. The number of thioether (sulfide) groups is 1. The molecule has 2 rings (SSSR count). The molecule has 2 saturated heterocycles. The van der Waals surface area contributed by atoms with Gasteiger partial charge in [-0.15, -0.1) is 0 Å². The second-order valence-electron chi connectivity index (χ2n) is 4.03. The maximum atomic E-state index is 5.77. The number of hydrogen-bond acceptors (Lipinski definition) is 3. The average molecular weight is 186 g/mol. The van der Waals surface area contributed by atoms with E-state index >= 15 is 0 Å². The summed E-state index contributed by atoms with van der Waals surface area (Å²) in [7, 11) is 2.25. The molecule has 2 aliphatic heterocycles. The molecule has 2 aliphatic rings. The van der Waals surface area contributed by atoms with Crippen LogP contribution < -0.4 is 5.73 Å². The molecular weight excluding hydrogens is 168 g/mol. The number of rotatable bonds is 1. The highest BCUT2D eigenvalue weighted by Gasteiger charge is 2.40. The molecule has 70 valence electrons. The van der Waals surface area contributed by atoms with Crippen molar-refractivity contribution in [2.24, 2.45) is 17.6 Å². The Morgan fingerprint density at radius 1 is 1.58 bits per heavy atom. The number of likely N-dealkylation sites (tertiary alicyclic amines) is 1. The van der Waals surface area contributed by atoms with Crippen LogP contribution in [-0.2, 0) is 0 Å². The summed E-state index contributed by atoms with van der Waals surface area (Å²) in [5, 5.41) is 0. The van der Waals surface area contributed by atoms with E-state index in [1.54, 1.807) is 0 Å². The summed E-state index contributed by atoms with van der Waals surface area (Å²) in [6.07, 6.45) is 1.38. The van der Waals surface area contributed by atoms with Crippen LogP contribution in [0, 0.1) is 11.8 Å². The monoisotopic (exact) mass is 186 g/mol. The Balaban J connectivity index is 2.05. The van der Waals surface area contributed by atoms with Crippen molar-refractivity contribution >= 4 is 11.8 Å². The summed E-state index contributed by atoms with van der Waals surface area (Å²) in [5.41, 5.74) is 5.77. The van der Waals surface area contributed by atoms with Crippen molar-refractivity contribution in [3.63, 3.8) is 0 Å². The second-order valence-corrected chi connectivity index (χ2v) is 5.18. The van der Waals surface area contributed by atoms with Crippen molar-refractivity contribution in [1.29, 1.82) is 0 Å². The van der Waals surface area contributed by atoms with Gasteiger partial charge in [0.1, 0.15) is 0 Å². The van der Waals surface area contributed by atoms with E-state index in [4.69, 9.17) is 5.73 Å². The van der Waals surface area contributed by atoms with Crippen LogP contribution in [0.25, 0.3) is 0 Å². The van der Waals surface area contributed by atoms with Crippen molar-refractivity contribution in [2.45, 2.75) is 12.5 Å². The number of hydrogen-bond donors (Lipinski definition) is 1. The SMILES string of the molecule is CN1CC(CN)C2CSCCC21. The minimum absolute atomic E-state index is 0.771. The summed E-state index contributed by atoms with van der Waals surface area (Å²) >= 11 is 2.11. The van der Waals surface area contributed by atoms with Crippen molar-refractivity contribution in [2.75, 3.05) is 31.6 Å². The van der Waals surface area contributed by atoms with Gasteiger partial charge in [0.05, 0.1) is 0 Å². The first-order valence-electron chi connectivity index (χ1n) is 4.81. The molecule has 12 heavy (non-hydrogen) atoms. The maximum absolute atomic E-state index is 5.77. The third-order valence-corrected chi connectivity index (χ3v) is 4.50. The number of nitrogens with two attached hydrogens (primary N) is 1. The van der Waals surface area contributed by atoms with Crippen LogP contribution in [0.5, 0.6) is 0 Å². The largest absolute Gasteiger partial charge is 0.330 e. The Bertz CT molecular complexity index is 163. The minimum atomic E-state index is 0.771. The van der Waals surface area contributed by atoms with Crippen LogP contribution in [0.2, 0.25) is 0 Å². The van der Waals surface area contributed by atoms with Crippen LogP contribution in [0.1, 0.15) is 6.42 Å². The molecule has 0 aromatic rings. The highest BCUT2D eigenvalue weighted by Crippen LogP contribution is 2.37. The zero-order valence-electron chi connectivity index (χ0n) is 7.70. The second kappa shape index (κ2) is 3.56. The van der Waals surface area contributed by atoms with E-state index in [1.165, 1.54) is 24.5 Å². The lowest BCUT2D eigenvalue weighted by Gasteiger charge is -2.30.